The first-order valence-electron chi connectivity index (χ1n) is 4.78. The molecule has 17 heavy (non-hydrogen) atoms. The van der Waals surface area contributed by atoms with E-state index in [4.69, 9.17) is 17.8 Å². The fraction of sp³-hybridized carbons (Fsp3) is 0.364. The summed E-state index contributed by atoms with van der Waals surface area (Å²) in [4.78, 5) is 11.4. The molecule has 0 saturated carbocycles. The minimum absolute atomic E-state index is 0.318. The number of hydrogen-bond donors (Lipinski definition) is 1. The maximum absolute atomic E-state index is 11.4. The molecule has 0 amide bonds. The zero-order valence-corrected chi connectivity index (χ0v) is 13.9. The van der Waals surface area contributed by atoms with Crippen molar-refractivity contribution in [2.24, 2.45) is 0 Å². The van der Waals surface area contributed by atoms with Crippen LogP contribution in [0.4, 0.5) is 5.69 Å². The van der Waals surface area contributed by atoms with Gasteiger partial charge in [-0.25, -0.2) is 4.79 Å². The van der Waals surface area contributed by atoms with Crippen molar-refractivity contribution in [2.75, 3.05) is 7.11 Å². The van der Waals surface area contributed by atoms with Crippen LogP contribution in [-0.2, 0) is 4.74 Å². The number of rotatable bonds is 1. The molecule has 0 spiro atoms. The van der Waals surface area contributed by atoms with Gasteiger partial charge >= 0.3 is 42.7 Å². The Morgan fingerprint density at radius 2 is 1.76 bits per heavy atom. The Kier molecular flexibility index (Phi) is 8.11. The summed E-state index contributed by atoms with van der Waals surface area (Å²) < 4.78 is 4.69. The first-order valence-corrected chi connectivity index (χ1v) is 10.2. The van der Waals surface area contributed by atoms with Crippen molar-refractivity contribution in [3.63, 3.8) is 0 Å². The van der Waals surface area contributed by atoms with Crippen LogP contribution < -0.4 is 24.7 Å². The second-order valence-corrected chi connectivity index (χ2v) is 6.72. The summed E-state index contributed by atoms with van der Waals surface area (Å²) in [5.41, 5.74) is 8.55. The van der Waals surface area contributed by atoms with Crippen LogP contribution in [0.25, 0.3) is 0 Å². The quantitative estimate of drug-likeness (QED) is 0.525. The van der Waals surface area contributed by atoms with Gasteiger partial charge in [0.05, 0.1) is 7.11 Å². The molecule has 0 radical (unpaired) electrons. The fourth-order valence-electron chi connectivity index (χ4n) is 1.43. The second-order valence-electron chi connectivity index (χ2n) is 3.52. The molecule has 0 aliphatic heterocycles. The Labute approximate surface area is 119 Å². The molecule has 0 aromatic heterocycles. The summed E-state index contributed by atoms with van der Waals surface area (Å²) in [6, 6.07) is 1.83. The van der Waals surface area contributed by atoms with Crippen LogP contribution in [-0.4, -0.2) is 13.1 Å². The molecule has 0 unspecified atom stereocenters. The van der Waals surface area contributed by atoms with E-state index < -0.39 is 18.9 Å². The molecule has 1 rings (SSSR count). The normalized spacial score (nSPS) is 9.59. The molecular formula is C11H16Cl2INO2. The molecular weight excluding hydrogens is 376 g/mol. The Hall–Kier alpha value is -0.0400. The van der Waals surface area contributed by atoms with Crippen molar-refractivity contribution in [2.45, 2.75) is 20.8 Å². The van der Waals surface area contributed by atoms with Crippen LogP contribution in [0.2, 0.25) is 0 Å². The summed E-state index contributed by atoms with van der Waals surface area (Å²) in [7, 11) is 11.1. The number of esters is 1. The van der Waals surface area contributed by atoms with Crippen LogP contribution in [0.5, 0.6) is 0 Å². The molecule has 6 heteroatoms. The molecule has 98 valence electrons. The van der Waals surface area contributed by atoms with Gasteiger partial charge in [0.2, 0.25) is 0 Å². The molecule has 1 aromatic carbocycles. The number of carbonyl (C=O) groups is 1. The summed E-state index contributed by atoms with van der Waals surface area (Å²) in [6.07, 6.45) is 0. The predicted octanol–water partition coefficient (Wildman–Crippen LogP) is -0.345. The van der Waals surface area contributed by atoms with Gasteiger partial charge in [-0.1, -0.05) is 0 Å². The van der Waals surface area contributed by atoms with E-state index in [-0.39, 0.29) is 5.97 Å². The van der Waals surface area contributed by atoms with E-state index in [1.807, 2.05) is 26.8 Å². The van der Waals surface area contributed by atoms with Gasteiger partial charge in [0.15, 0.2) is 0 Å². The van der Waals surface area contributed by atoms with E-state index in [0.29, 0.717) is 5.56 Å². The average Bonchev–Trinajstić information content (AvgIpc) is 2.31. The van der Waals surface area contributed by atoms with E-state index in [1.54, 1.807) is 0 Å². The van der Waals surface area contributed by atoms with E-state index in [1.165, 1.54) is 12.7 Å². The molecule has 0 saturated heterocycles. The van der Waals surface area contributed by atoms with E-state index in [9.17, 15) is 4.79 Å². The topological polar surface area (TPSA) is 53.9 Å². The Morgan fingerprint density at radius 1 is 1.29 bits per heavy atom. The number of benzene rings is 1. The number of carbonyl (C=O) groups excluding carboxylic acids is 1. The van der Waals surface area contributed by atoms with E-state index >= 15 is 0 Å². The second kappa shape index (κ2) is 8.13. The van der Waals surface area contributed by atoms with Crippen LogP contribution in [0.15, 0.2) is 6.07 Å². The zero-order valence-electron chi connectivity index (χ0n) is 10.2. The van der Waals surface area contributed by atoms with Gasteiger partial charge in [-0.2, -0.15) is 0 Å². The summed E-state index contributed by atoms with van der Waals surface area (Å²) in [6.45, 7) is 5.98. The van der Waals surface area contributed by atoms with Crippen LogP contribution in [0.1, 0.15) is 27.0 Å². The van der Waals surface area contributed by atoms with Crippen LogP contribution >= 0.6 is 17.8 Å². The van der Waals surface area contributed by atoms with Crippen LogP contribution in [0.3, 0.4) is 0 Å². The third kappa shape index (κ3) is 4.62. The number of aryl methyl sites for hydroxylation is 1. The third-order valence-corrected chi connectivity index (χ3v) is 2.70. The summed E-state index contributed by atoms with van der Waals surface area (Å²) in [5.74, 6) is -0.318. The van der Waals surface area contributed by atoms with E-state index in [0.717, 1.165) is 16.8 Å². The maximum atomic E-state index is 11.4. The Morgan fingerprint density at radius 3 is 2.18 bits per heavy atom. The van der Waals surface area contributed by atoms with Gasteiger partial charge in [0.25, 0.3) is 0 Å². The Bertz CT molecular complexity index is 411. The number of hydrogen-bond acceptors (Lipinski definition) is 2. The first kappa shape index (κ1) is 17.0. The molecule has 0 bridgehead atoms. The minimum atomic E-state index is -0.466. The third-order valence-electron chi connectivity index (χ3n) is 2.70. The van der Waals surface area contributed by atoms with Crippen molar-refractivity contribution in [3.05, 3.63) is 28.3 Å². The van der Waals surface area contributed by atoms with Crippen molar-refractivity contribution in [3.8, 4) is 0 Å². The standard InChI is InChI=1S/C11H15NO2.Cl2I/c1-6-5-9(11(13)14-4)10(12)8(3)7(6)2;1-3-2/h5H,12H2,1-4H3;/q;-1/p+1. The monoisotopic (exact) mass is 391 g/mol. The molecule has 1 aromatic rings. The van der Waals surface area contributed by atoms with Gasteiger partial charge in [0.1, 0.15) is 11.3 Å². The summed E-state index contributed by atoms with van der Waals surface area (Å²) >= 11 is -0.466. The van der Waals surface area contributed by atoms with Gasteiger partial charge in [0, 0.05) is 5.56 Å². The van der Waals surface area contributed by atoms with E-state index in [2.05, 4.69) is 10.5 Å². The Balaban J connectivity index is 0.000000770. The molecule has 0 aliphatic carbocycles. The zero-order chi connectivity index (χ0) is 13.6. The van der Waals surface area contributed by atoms with Gasteiger partial charge in [-0.3, -0.25) is 0 Å². The predicted molar refractivity (Wildman–Crippen MR) is 66.2 cm³/mol. The molecule has 0 fully saturated rings. The number of quaternary nitrogens is 1. The molecule has 3 nitrogen and oxygen atoms in total. The van der Waals surface area contributed by atoms with Gasteiger partial charge in [-0.05, 0) is 38.0 Å². The number of methoxy groups -OCH3 is 1. The van der Waals surface area contributed by atoms with Crippen molar-refractivity contribution in [1.82, 2.24) is 0 Å². The van der Waals surface area contributed by atoms with Crippen LogP contribution in [0, 0.1) is 20.8 Å². The van der Waals surface area contributed by atoms with Crippen molar-refractivity contribution < 1.29 is 34.2 Å². The fourth-order valence-corrected chi connectivity index (χ4v) is 1.43. The SMILES string of the molecule is COC(=O)c1cc(C)c(C)c(C)c1[NH3+].Cl[I-]Cl. The van der Waals surface area contributed by atoms with Crippen molar-refractivity contribution in [1.29, 1.82) is 0 Å². The molecule has 0 atom stereocenters. The van der Waals surface area contributed by atoms with Crippen molar-refractivity contribution >= 4 is 29.5 Å². The number of ether oxygens (including phenoxy) is 1. The van der Waals surface area contributed by atoms with Gasteiger partial charge < -0.3 is 10.5 Å². The molecule has 3 N–H and O–H groups in total. The molecule has 0 aliphatic rings. The summed E-state index contributed by atoms with van der Waals surface area (Å²) in [5, 5.41) is 0. The first-order chi connectivity index (χ1) is 7.90. The molecule has 0 heterocycles. The number of halogens is 3. The average molecular weight is 392 g/mol. The van der Waals surface area contributed by atoms with Gasteiger partial charge in [-0.15, -0.1) is 0 Å².